The highest BCUT2D eigenvalue weighted by Crippen LogP contribution is 2.46. The van der Waals surface area contributed by atoms with Crippen molar-refractivity contribution in [2.75, 3.05) is 13.1 Å². The normalized spacial score (nSPS) is 20.3. The second-order valence-electron chi connectivity index (χ2n) is 12.1. The van der Waals surface area contributed by atoms with Gasteiger partial charge in [-0.05, 0) is 80.2 Å². The number of aliphatic carboxylic acids is 1. The average molecular weight is 604 g/mol. The lowest BCUT2D eigenvalue weighted by atomic mass is 9.69. The van der Waals surface area contributed by atoms with Crippen LogP contribution in [0.3, 0.4) is 0 Å². The number of carboxylic acids is 1. The van der Waals surface area contributed by atoms with Gasteiger partial charge >= 0.3 is 12.3 Å². The first-order valence-corrected chi connectivity index (χ1v) is 14.4. The number of benzene rings is 2. The molecule has 2 N–H and O–H groups in total. The van der Waals surface area contributed by atoms with Crippen molar-refractivity contribution in [3.05, 3.63) is 65.2 Å². The van der Waals surface area contributed by atoms with E-state index in [1.807, 2.05) is 11.8 Å². The van der Waals surface area contributed by atoms with E-state index in [0.717, 1.165) is 37.7 Å². The molecule has 1 aliphatic carbocycles. The topological polar surface area (TPSA) is 108 Å². The summed E-state index contributed by atoms with van der Waals surface area (Å²) >= 11 is 0. The Hall–Kier alpha value is -3.89. The van der Waals surface area contributed by atoms with Crippen molar-refractivity contribution in [1.29, 1.82) is 0 Å². The fraction of sp³-hybridized carbons (Fsp3) is 0.500. The standard InChI is InChI=1S/C28H33F3N2O2.C4H7NO3/c1-19-5-7-20(8-6-19)15-18-33-25(34)24(21-9-11-23(12-10-21)35-28(29,30)31)32-27(33)16-13-22(14-17-27)26(2,3)4;6-3-5-2-1-4(7)8/h5-12,22H,13-18H2,1-4H3;3H,1-2H2,(H,5,6)(H,7,8). The molecule has 2 aromatic rings. The van der Waals surface area contributed by atoms with Gasteiger partial charge in [0.25, 0.3) is 5.91 Å². The molecule has 8 nitrogen and oxygen atoms in total. The monoisotopic (exact) mass is 603 g/mol. The molecular formula is C32H40F3N3O5. The smallest absolute Gasteiger partial charge is 0.481 e. The molecule has 1 spiro atoms. The summed E-state index contributed by atoms with van der Waals surface area (Å²) in [5.74, 6) is -0.820. The van der Waals surface area contributed by atoms with Crippen molar-refractivity contribution >= 4 is 24.0 Å². The number of aryl methyl sites for hydroxylation is 1. The van der Waals surface area contributed by atoms with Crippen LogP contribution in [0.15, 0.2) is 53.5 Å². The molecule has 2 amide bonds. The third kappa shape index (κ3) is 9.56. The largest absolute Gasteiger partial charge is 0.573 e. The van der Waals surface area contributed by atoms with Crippen molar-refractivity contribution < 1.29 is 37.4 Å². The zero-order valence-corrected chi connectivity index (χ0v) is 25.0. The number of nitrogens with one attached hydrogen (secondary N) is 1. The minimum Gasteiger partial charge on any atom is -0.481 e. The highest BCUT2D eigenvalue weighted by molar-refractivity contribution is 6.46. The molecule has 1 saturated carbocycles. The number of aliphatic imine (C=N–C) groups is 1. The van der Waals surface area contributed by atoms with Crippen molar-refractivity contribution in [3.63, 3.8) is 0 Å². The Labute approximate surface area is 250 Å². The van der Waals surface area contributed by atoms with E-state index in [-0.39, 0.29) is 30.0 Å². The number of nitrogens with zero attached hydrogens (tertiary/aromatic N) is 2. The molecule has 2 aliphatic rings. The van der Waals surface area contributed by atoms with Crippen LogP contribution in [0.25, 0.3) is 0 Å². The Morgan fingerprint density at radius 1 is 1.09 bits per heavy atom. The van der Waals surface area contributed by atoms with Crippen LogP contribution >= 0.6 is 0 Å². The van der Waals surface area contributed by atoms with E-state index in [9.17, 15) is 27.6 Å². The quantitative estimate of drug-likeness (QED) is 0.274. The van der Waals surface area contributed by atoms with Crippen LogP contribution in [0.2, 0.25) is 0 Å². The summed E-state index contributed by atoms with van der Waals surface area (Å²) in [4.78, 5) is 39.7. The van der Waals surface area contributed by atoms with Crippen LogP contribution in [0.1, 0.15) is 69.6 Å². The van der Waals surface area contributed by atoms with Crippen molar-refractivity contribution in [3.8, 4) is 5.75 Å². The van der Waals surface area contributed by atoms with Crippen LogP contribution < -0.4 is 10.1 Å². The van der Waals surface area contributed by atoms with E-state index in [1.165, 1.54) is 29.8 Å². The van der Waals surface area contributed by atoms with Gasteiger partial charge in [-0.15, -0.1) is 13.2 Å². The Morgan fingerprint density at radius 2 is 1.70 bits per heavy atom. The minimum atomic E-state index is -4.76. The Kier molecular flexibility index (Phi) is 11.0. The number of rotatable bonds is 9. The lowest BCUT2D eigenvalue weighted by Gasteiger charge is -2.45. The van der Waals surface area contributed by atoms with E-state index in [4.69, 9.17) is 10.1 Å². The SMILES string of the molecule is Cc1ccc(CCN2C(=O)C(c3ccc(OC(F)(F)F)cc3)=NC23CCC(C(C)(C)C)CC3)cc1.O=CNCCC(=O)O. The Morgan fingerprint density at radius 3 is 2.21 bits per heavy atom. The molecule has 0 bridgehead atoms. The van der Waals surface area contributed by atoms with Gasteiger partial charge in [-0.3, -0.25) is 19.4 Å². The van der Waals surface area contributed by atoms with Gasteiger partial charge in [0.1, 0.15) is 17.1 Å². The molecule has 0 radical (unpaired) electrons. The van der Waals surface area contributed by atoms with E-state index < -0.39 is 18.0 Å². The number of carbonyl (C=O) groups is 3. The summed E-state index contributed by atoms with van der Waals surface area (Å²) in [5.41, 5.74) is 2.77. The molecular weight excluding hydrogens is 563 g/mol. The van der Waals surface area contributed by atoms with Gasteiger partial charge in [0.05, 0.1) is 6.42 Å². The summed E-state index contributed by atoms with van der Waals surface area (Å²) < 4.78 is 41.6. The zero-order chi connectivity index (χ0) is 31.8. The van der Waals surface area contributed by atoms with E-state index in [1.54, 1.807) is 0 Å². The van der Waals surface area contributed by atoms with Gasteiger partial charge in [-0.1, -0.05) is 50.6 Å². The molecule has 4 rings (SSSR count). The van der Waals surface area contributed by atoms with Crippen LogP contribution in [0.5, 0.6) is 5.75 Å². The number of ether oxygens (including phenoxy) is 1. The molecule has 1 aliphatic heterocycles. The second kappa shape index (κ2) is 14.1. The van der Waals surface area contributed by atoms with Gasteiger partial charge in [-0.25, -0.2) is 0 Å². The lowest BCUT2D eigenvalue weighted by Crippen LogP contribution is -2.50. The summed E-state index contributed by atoms with van der Waals surface area (Å²) in [5, 5.41) is 10.2. The fourth-order valence-corrected chi connectivity index (χ4v) is 5.51. The van der Waals surface area contributed by atoms with E-state index >= 15 is 0 Å². The second-order valence-corrected chi connectivity index (χ2v) is 12.1. The first-order chi connectivity index (χ1) is 20.1. The van der Waals surface area contributed by atoms with Gasteiger partial charge in [-0.2, -0.15) is 0 Å². The summed E-state index contributed by atoms with van der Waals surface area (Å²) in [6, 6.07) is 13.7. The molecule has 11 heteroatoms. The zero-order valence-electron chi connectivity index (χ0n) is 25.0. The molecule has 2 aromatic carbocycles. The van der Waals surface area contributed by atoms with E-state index in [0.29, 0.717) is 30.1 Å². The summed E-state index contributed by atoms with van der Waals surface area (Å²) in [6.45, 7) is 9.56. The average Bonchev–Trinajstić information content (AvgIpc) is 3.18. The predicted octanol–water partition coefficient (Wildman–Crippen LogP) is 5.91. The maximum Gasteiger partial charge on any atom is 0.573 e. The molecule has 1 heterocycles. The van der Waals surface area contributed by atoms with E-state index in [2.05, 4.69) is 55.1 Å². The van der Waals surface area contributed by atoms with Crippen molar-refractivity contribution in [2.45, 2.75) is 78.2 Å². The molecule has 0 unspecified atom stereocenters. The van der Waals surface area contributed by atoms with Gasteiger partial charge in [0.2, 0.25) is 6.41 Å². The number of hydrogen-bond acceptors (Lipinski definition) is 5. The highest BCUT2D eigenvalue weighted by Gasteiger charge is 2.49. The molecule has 0 aromatic heterocycles. The summed E-state index contributed by atoms with van der Waals surface area (Å²) in [6.07, 6.45) is -0.0510. The van der Waals surface area contributed by atoms with Crippen LogP contribution in [0, 0.1) is 18.3 Å². The molecule has 0 atom stereocenters. The Balaban J connectivity index is 0.000000557. The third-order valence-electron chi connectivity index (χ3n) is 7.95. The molecule has 234 valence electrons. The molecule has 1 fully saturated rings. The number of halogens is 3. The van der Waals surface area contributed by atoms with Crippen LogP contribution in [-0.4, -0.2) is 59.1 Å². The first-order valence-electron chi connectivity index (χ1n) is 14.4. The maximum absolute atomic E-state index is 13.6. The number of hydrogen-bond donors (Lipinski definition) is 2. The number of amides is 2. The first kappa shape index (κ1) is 33.6. The lowest BCUT2D eigenvalue weighted by molar-refractivity contribution is -0.274. The van der Waals surface area contributed by atoms with Crippen LogP contribution in [0.4, 0.5) is 13.2 Å². The van der Waals surface area contributed by atoms with Crippen molar-refractivity contribution in [1.82, 2.24) is 10.2 Å². The van der Waals surface area contributed by atoms with Gasteiger partial charge in [0, 0.05) is 18.7 Å². The number of carboxylic acid groups (broad SMARTS) is 1. The number of carbonyl (C=O) groups excluding carboxylic acids is 2. The fourth-order valence-electron chi connectivity index (χ4n) is 5.51. The number of alkyl halides is 3. The van der Waals surface area contributed by atoms with Crippen LogP contribution in [-0.2, 0) is 20.8 Å². The van der Waals surface area contributed by atoms with Crippen molar-refractivity contribution in [2.24, 2.45) is 16.3 Å². The Bertz CT molecular complexity index is 1280. The molecule has 0 saturated heterocycles. The molecule has 43 heavy (non-hydrogen) atoms. The predicted molar refractivity (Wildman–Crippen MR) is 157 cm³/mol. The maximum atomic E-state index is 13.6. The minimum absolute atomic E-state index is 0.0151. The summed E-state index contributed by atoms with van der Waals surface area (Å²) in [7, 11) is 0. The van der Waals surface area contributed by atoms with Gasteiger partial charge in [0.15, 0.2) is 0 Å². The third-order valence-corrected chi connectivity index (χ3v) is 7.95. The van der Waals surface area contributed by atoms with Gasteiger partial charge < -0.3 is 20.1 Å². The highest BCUT2D eigenvalue weighted by atomic mass is 19.4.